The lowest BCUT2D eigenvalue weighted by Gasteiger charge is -2.48. The molecule has 0 aromatic heterocycles. The Labute approximate surface area is 141 Å². The van der Waals surface area contributed by atoms with Crippen molar-refractivity contribution >= 4 is 28.3 Å². The molecule has 0 aliphatic carbocycles. The van der Waals surface area contributed by atoms with Crippen LogP contribution in [0.4, 0.5) is 4.79 Å². The van der Waals surface area contributed by atoms with Gasteiger partial charge in [0.25, 0.3) is 0 Å². The van der Waals surface area contributed by atoms with Crippen molar-refractivity contribution < 1.29 is 32.7 Å². The standard InChI is InChI=1S/C10H17N7O7S/c11-6-14-5-4(3-24-8(18)16-25(21,22)23)13-7(12)17-2-1-9(19,20)10(5,17)15-6/h4-5,19-20H,1-3H2,(H2,12,13)(H,16,18)(H3,11,14,15)(H,21,22,23). The molecule has 1 fully saturated rings. The molecule has 0 aromatic rings. The number of amides is 1. The van der Waals surface area contributed by atoms with Gasteiger partial charge < -0.3 is 36.6 Å². The zero-order valence-electron chi connectivity index (χ0n) is 12.7. The van der Waals surface area contributed by atoms with Crippen molar-refractivity contribution in [3.63, 3.8) is 0 Å². The second-order valence-corrected chi connectivity index (χ2v) is 6.95. The van der Waals surface area contributed by atoms with Gasteiger partial charge in [-0.1, -0.05) is 0 Å². The predicted molar refractivity (Wildman–Crippen MR) is 81.2 cm³/mol. The Kier molecular flexibility index (Phi) is 3.71. The number of hydrogen-bond acceptors (Lipinski definition) is 12. The Balaban J connectivity index is 1.85. The number of rotatable bonds is 3. The number of nitrogens with one attached hydrogen (secondary N) is 2. The van der Waals surface area contributed by atoms with Crippen molar-refractivity contribution in [2.45, 2.75) is 30.0 Å². The summed E-state index contributed by atoms with van der Waals surface area (Å²) in [4.78, 5) is 21.0. The molecule has 0 radical (unpaired) electrons. The first-order valence-corrected chi connectivity index (χ1v) is 8.49. The third-order valence-electron chi connectivity index (χ3n) is 4.28. The van der Waals surface area contributed by atoms with Crippen LogP contribution < -0.4 is 21.5 Å². The van der Waals surface area contributed by atoms with Crippen molar-refractivity contribution in [3.05, 3.63) is 0 Å². The average Bonchev–Trinajstić information content (AvgIpc) is 2.93. The van der Waals surface area contributed by atoms with Gasteiger partial charge in [0.1, 0.15) is 18.7 Å². The Bertz CT molecular complexity index is 766. The maximum absolute atomic E-state index is 11.4. The van der Waals surface area contributed by atoms with E-state index in [2.05, 4.69) is 15.3 Å². The number of ether oxygens (including phenoxy) is 1. The first-order valence-electron chi connectivity index (χ1n) is 7.05. The van der Waals surface area contributed by atoms with Crippen LogP contribution in [-0.4, -0.2) is 82.8 Å². The monoisotopic (exact) mass is 379 g/mol. The summed E-state index contributed by atoms with van der Waals surface area (Å²) in [6.45, 7) is -0.331. The van der Waals surface area contributed by atoms with E-state index in [1.807, 2.05) is 0 Å². The normalized spacial score (nSPS) is 32.8. The predicted octanol–water partition coefficient (Wildman–Crippen LogP) is -4.42. The van der Waals surface area contributed by atoms with E-state index >= 15 is 0 Å². The van der Waals surface area contributed by atoms with Gasteiger partial charge in [0.2, 0.25) is 5.79 Å². The van der Waals surface area contributed by atoms with Crippen molar-refractivity contribution in [1.29, 1.82) is 0 Å². The number of nitrogens with two attached hydrogens (primary N) is 2. The molecule has 0 saturated carbocycles. The van der Waals surface area contributed by atoms with Crippen LogP contribution in [0.5, 0.6) is 0 Å². The zero-order chi connectivity index (χ0) is 18.6. The van der Waals surface area contributed by atoms with Crippen LogP contribution in [-0.2, 0) is 15.0 Å². The fourth-order valence-corrected chi connectivity index (χ4v) is 3.62. The number of carbonyl (C=O) groups is 1. The van der Waals surface area contributed by atoms with E-state index in [4.69, 9.17) is 20.8 Å². The Hall–Kier alpha value is -2.36. The summed E-state index contributed by atoms with van der Waals surface area (Å²) in [5, 5.41) is 23.5. The minimum absolute atomic E-state index is 0.0533. The maximum Gasteiger partial charge on any atom is 0.422 e. The van der Waals surface area contributed by atoms with Crippen LogP contribution in [0.25, 0.3) is 0 Å². The van der Waals surface area contributed by atoms with E-state index in [1.165, 1.54) is 9.62 Å². The number of hydrogen-bond donors (Lipinski definition) is 7. The summed E-state index contributed by atoms with van der Waals surface area (Å²) in [6, 6.07) is -1.95. The van der Waals surface area contributed by atoms with Crippen LogP contribution in [0.3, 0.4) is 0 Å². The van der Waals surface area contributed by atoms with Gasteiger partial charge in [-0.25, -0.2) is 14.8 Å². The maximum atomic E-state index is 11.4. The lowest BCUT2D eigenvalue weighted by Crippen LogP contribution is -2.76. The van der Waals surface area contributed by atoms with Crippen molar-refractivity contribution in [2.24, 2.45) is 21.5 Å². The van der Waals surface area contributed by atoms with Gasteiger partial charge in [0, 0.05) is 13.0 Å². The molecule has 140 valence electrons. The second-order valence-electron chi connectivity index (χ2n) is 5.80. The van der Waals surface area contributed by atoms with E-state index in [0.717, 1.165) is 0 Å². The topological polar surface area (TPSA) is 225 Å². The number of nitrogens with zero attached hydrogens (tertiary/aromatic N) is 3. The van der Waals surface area contributed by atoms with Crippen molar-refractivity contribution in [2.75, 3.05) is 13.2 Å². The number of aliphatic imine (C=N–C) groups is 2. The smallest absolute Gasteiger partial charge is 0.422 e. The molecule has 1 saturated heterocycles. The molecule has 0 bridgehead atoms. The molecule has 1 amide bonds. The highest BCUT2D eigenvalue weighted by Crippen LogP contribution is 2.44. The van der Waals surface area contributed by atoms with Crippen LogP contribution in [0.2, 0.25) is 0 Å². The first-order chi connectivity index (χ1) is 11.5. The zero-order valence-corrected chi connectivity index (χ0v) is 13.5. The number of guanidine groups is 2. The highest BCUT2D eigenvalue weighted by atomic mass is 32.2. The van der Waals surface area contributed by atoms with E-state index in [9.17, 15) is 23.4 Å². The Morgan fingerprint density at radius 1 is 1.44 bits per heavy atom. The molecule has 15 heteroatoms. The van der Waals surface area contributed by atoms with Gasteiger partial charge in [-0.2, -0.15) is 13.1 Å². The lowest BCUT2D eigenvalue weighted by molar-refractivity contribution is -0.221. The van der Waals surface area contributed by atoms with Gasteiger partial charge in [-0.3, -0.25) is 4.55 Å². The van der Waals surface area contributed by atoms with Crippen molar-refractivity contribution in [3.8, 4) is 0 Å². The largest absolute Gasteiger partial charge is 0.446 e. The van der Waals surface area contributed by atoms with Crippen LogP contribution in [0.1, 0.15) is 6.42 Å². The molecule has 3 unspecified atom stereocenters. The van der Waals surface area contributed by atoms with Crippen LogP contribution in [0, 0.1) is 0 Å². The van der Waals surface area contributed by atoms with Gasteiger partial charge in [0.05, 0.1) is 0 Å². The molecule has 3 atom stereocenters. The third-order valence-corrected chi connectivity index (χ3v) is 4.71. The Morgan fingerprint density at radius 3 is 2.76 bits per heavy atom. The highest BCUT2D eigenvalue weighted by molar-refractivity contribution is 7.84. The molecule has 3 aliphatic rings. The highest BCUT2D eigenvalue weighted by Gasteiger charge is 2.69. The van der Waals surface area contributed by atoms with E-state index in [0.29, 0.717) is 0 Å². The average molecular weight is 379 g/mol. The molecule has 1 spiro atoms. The van der Waals surface area contributed by atoms with E-state index in [1.54, 1.807) is 0 Å². The molecule has 3 heterocycles. The van der Waals surface area contributed by atoms with E-state index < -0.39 is 46.5 Å². The molecule has 14 nitrogen and oxygen atoms in total. The number of aliphatic hydroxyl groups is 2. The lowest BCUT2D eigenvalue weighted by atomic mass is 9.87. The molecule has 3 rings (SSSR count). The molecule has 3 aliphatic heterocycles. The van der Waals surface area contributed by atoms with Gasteiger partial charge in [-0.05, 0) is 0 Å². The van der Waals surface area contributed by atoms with Gasteiger partial charge >= 0.3 is 16.4 Å². The second kappa shape index (κ2) is 5.32. The van der Waals surface area contributed by atoms with Crippen LogP contribution >= 0.6 is 0 Å². The quantitative estimate of drug-likeness (QED) is 0.183. The number of carbonyl (C=O) groups excluding carboxylic acids is 1. The summed E-state index contributed by atoms with van der Waals surface area (Å²) in [7, 11) is -4.78. The van der Waals surface area contributed by atoms with Crippen molar-refractivity contribution in [1.82, 2.24) is 14.9 Å². The summed E-state index contributed by atoms with van der Waals surface area (Å²) in [6.07, 6.45) is -1.51. The minimum atomic E-state index is -4.78. The van der Waals surface area contributed by atoms with Gasteiger partial charge in [0.15, 0.2) is 17.6 Å². The SMILES string of the molecule is NC1=NC2C(COC(=O)NS(=O)(=O)O)N=C(N)N3CCC(O)(O)C23N1. The summed E-state index contributed by atoms with van der Waals surface area (Å²) in [5.74, 6) is -2.39. The molecule has 9 N–H and O–H groups in total. The minimum Gasteiger partial charge on any atom is -0.446 e. The summed E-state index contributed by atoms with van der Waals surface area (Å²) in [5.41, 5.74) is 9.96. The van der Waals surface area contributed by atoms with Crippen LogP contribution in [0.15, 0.2) is 9.98 Å². The van der Waals surface area contributed by atoms with E-state index in [-0.39, 0.29) is 24.9 Å². The fourth-order valence-electron chi connectivity index (χ4n) is 3.35. The van der Waals surface area contributed by atoms with Gasteiger partial charge in [-0.15, -0.1) is 0 Å². The molecule has 25 heavy (non-hydrogen) atoms. The third kappa shape index (κ3) is 2.70. The fraction of sp³-hybridized carbons (Fsp3) is 0.700. The molecular weight excluding hydrogens is 362 g/mol. The molecular formula is C10H17N7O7S. The molecule has 0 aromatic carbocycles. The first kappa shape index (κ1) is 17.5. The summed E-state index contributed by atoms with van der Waals surface area (Å²) >= 11 is 0. The Morgan fingerprint density at radius 2 is 2.12 bits per heavy atom. The summed E-state index contributed by atoms with van der Waals surface area (Å²) < 4.78 is 35.6.